The maximum Gasteiger partial charge on any atom is 0.255 e. The maximum absolute atomic E-state index is 14.3. The van der Waals surface area contributed by atoms with Gasteiger partial charge >= 0.3 is 0 Å². The van der Waals surface area contributed by atoms with Gasteiger partial charge < -0.3 is 20.7 Å². The number of hydrogen-bond donors (Lipinski definition) is 3. The van der Waals surface area contributed by atoms with Crippen molar-refractivity contribution < 1.29 is 13.9 Å². The molecule has 2 aromatic rings. The Kier molecular flexibility index (Phi) is 7.41. The average molecular weight is 477 g/mol. The van der Waals surface area contributed by atoms with Crippen LogP contribution in [-0.2, 0) is 9.53 Å². The molecule has 2 aliphatic rings. The summed E-state index contributed by atoms with van der Waals surface area (Å²) in [6, 6.07) is 1.64. The van der Waals surface area contributed by atoms with Crippen molar-refractivity contribution in [3.05, 3.63) is 29.4 Å². The molecule has 2 aliphatic heterocycles. The second kappa shape index (κ2) is 10.3. The first kappa shape index (κ1) is 23.8. The molecular formula is C23H30ClFN6O2. The lowest BCUT2D eigenvalue weighted by atomic mass is 9.86. The summed E-state index contributed by atoms with van der Waals surface area (Å²) in [6.45, 7) is 6.91. The standard InChI is InChI=1S/C23H30ClFN6O2/c1-23(2)6-3-15(11-29-23)22(32)31-19-9-16(17(24)12-26-19)18-13-27-20(25)21(30-18)28-10-14-4-7-33-8-5-14/h9,12-15,29H,3-8,10-11H2,1-2H3,(H,28,30)(H,26,31,32). The Morgan fingerprint density at radius 2 is 2.06 bits per heavy atom. The van der Waals surface area contributed by atoms with E-state index in [9.17, 15) is 9.18 Å². The molecule has 4 heterocycles. The Morgan fingerprint density at radius 1 is 1.27 bits per heavy atom. The monoisotopic (exact) mass is 476 g/mol. The van der Waals surface area contributed by atoms with Crippen molar-refractivity contribution in [2.75, 3.05) is 36.9 Å². The topological polar surface area (TPSA) is 101 Å². The van der Waals surface area contributed by atoms with Crippen LogP contribution >= 0.6 is 11.6 Å². The lowest BCUT2D eigenvalue weighted by Crippen LogP contribution is -2.49. The SMILES string of the molecule is CC1(C)CCC(C(=O)Nc2cc(-c3cnc(F)c(NCC4CCOCC4)n3)c(Cl)cn2)CN1. The van der Waals surface area contributed by atoms with E-state index in [2.05, 4.69) is 44.7 Å². The number of rotatable bonds is 6. The van der Waals surface area contributed by atoms with E-state index < -0.39 is 5.95 Å². The van der Waals surface area contributed by atoms with Gasteiger partial charge in [-0.3, -0.25) is 4.79 Å². The van der Waals surface area contributed by atoms with E-state index in [-0.39, 0.29) is 23.2 Å². The zero-order valence-corrected chi connectivity index (χ0v) is 19.7. The van der Waals surface area contributed by atoms with Crippen LogP contribution in [0.4, 0.5) is 16.0 Å². The van der Waals surface area contributed by atoms with Crippen molar-refractivity contribution in [2.24, 2.45) is 11.8 Å². The molecule has 0 aliphatic carbocycles. The molecule has 1 amide bonds. The number of amides is 1. The minimum atomic E-state index is -0.669. The minimum Gasteiger partial charge on any atom is -0.381 e. The summed E-state index contributed by atoms with van der Waals surface area (Å²) in [6.07, 6.45) is 6.35. The van der Waals surface area contributed by atoms with Gasteiger partial charge in [-0.1, -0.05) is 11.6 Å². The van der Waals surface area contributed by atoms with Crippen molar-refractivity contribution in [3.8, 4) is 11.3 Å². The number of nitrogens with one attached hydrogen (secondary N) is 3. The predicted molar refractivity (Wildman–Crippen MR) is 126 cm³/mol. The third-order valence-electron chi connectivity index (χ3n) is 6.33. The number of hydrogen-bond acceptors (Lipinski definition) is 7. The lowest BCUT2D eigenvalue weighted by molar-refractivity contribution is -0.120. The number of piperidine rings is 1. The summed E-state index contributed by atoms with van der Waals surface area (Å²) in [5, 5.41) is 9.68. The number of nitrogens with zero attached hydrogens (tertiary/aromatic N) is 3. The molecule has 4 rings (SSSR count). The van der Waals surface area contributed by atoms with Crippen LogP contribution in [0.3, 0.4) is 0 Å². The minimum absolute atomic E-state index is 0.0419. The van der Waals surface area contributed by atoms with Crippen LogP contribution in [0.1, 0.15) is 39.5 Å². The van der Waals surface area contributed by atoms with Crippen LogP contribution in [0, 0.1) is 17.8 Å². The first-order valence-electron chi connectivity index (χ1n) is 11.4. The zero-order chi connectivity index (χ0) is 23.4. The quantitative estimate of drug-likeness (QED) is 0.581. The van der Waals surface area contributed by atoms with Gasteiger partial charge in [0, 0.05) is 43.6 Å². The molecule has 8 nitrogen and oxygen atoms in total. The van der Waals surface area contributed by atoms with Gasteiger partial charge in [0.2, 0.25) is 5.91 Å². The van der Waals surface area contributed by atoms with E-state index in [1.165, 1.54) is 12.4 Å². The van der Waals surface area contributed by atoms with Crippen LogP contribution in [0.5, 0.6) is 0 Å². The molecular weight excluding hydrogens is 447 g/mol. The first-order chi connectivity index (χ1) is 15.8. The van der Waals surface area contributed by atoms with Gasteiger partial charge in [0.15, 0.2) is 5.82 Å². The van der Waals surface area contributed by atoms with Gasteiger partial charge in [0.1, 0.15) is 5.82 Å². The molecule has 33 heavy (non-hydrogen) atoms. The summed E-state index contributed by atoms with van der Waals surface area (Å²) in [5.74, 6) is -0.0548. The Morgan fingerprint density at radius 3 is 2.79 bits per heavy atom. The highest BCUT2D eigenvalue weighted by molar-refractivity contribution is 6.33. The fourth-order valence-corrected chi connectivity index (χ4v) is 4.29. The van der Waals surface area contributed by atoms with Gasteiger partial charge in [-0.15, -0.1) is 0 Å². The zero-order valence-electron chi connectivity index (χ0n) is 19.0. The molecule has 1 unspecified atom stereocenters. The van der Waals surface area contributed by atoms with Crippen molar-refractivity contribution >= 4 is 29.1 Å². The summed E-state index contributed by atoms with van der Waals surface area (Å²) >= 11 is 6.36. The van der Waals surface area contributed by atoms with E-state index in [1.54, 1.807) is 6.07 Å². The molecule has 0 bridgehead atoms. The van der Waals surface area contributed by atoms with Crippen LogP contribution in [-0.4, -0.2) is 52.7 Å². The van der Waals surface area contributed by atoms with Crippen molar-refractivity contribution in [3.63, 3.8) is 0 Å². The fraction of sp³-hybridized carbons (Fsp3) is 0.565. The highest BCUT2D eigenvalue weighted by atomic mass is 35.5. The highest BCUT2D eigenvalue weighted by Gasteiger charge is 2.30. The number of halogens is 2. The highest BCUT2D eigenvalue weighted by Crippen LogP contribution is 2.30. The van der Waals surface area contributed by atoms with E-state index in [1.807, 2.05) is 0 Å². The summed E-state index contributed by atoms with van der Waals surface area (Å²) in [5.41, 5.74) is 0.960. The molecule has 2 fully saturated rings. The second-order valence-electron chi connectivity index (χ2n) is 9.37. The van der Waals surface area contributed by atoms with Crippen LogP contribution in [0.15, 0.2) is 18.5 Å². The summed E-state index contributed by atoms with van der Waals surface area (Å²) in [4.78, 5) is 25.2. The third-order valence-corrected chi connectivity index (χ3v) is 6.63. The Hall–Kier alpha value is -2.36. The Bertz CT molecular complexity index is 989. The molecule has 0 spiro atoms. The summed E-state index contributed by atoms with van der Waals surface area (Å²) < 4.78 is 19.7. The number of aromatic nitrogens is 3. The molecule has 0 saturated carbocycles. The Balaban J connectivity index is 1.46. The van der Waals surface area contributed by atoms with Crippen LogP contribution in [0.2, 0.25) is 5.02 Å². The maximum atomic E-state index is 14.3. The molecule has 0 radical (unpaired) electrons. The Labute approximate surface area is 198 Å². The number of carbonyl (C=O) groups excluding carboxylic acids is 1. The van der Waals surface area contributed by atoms with Gasteiger partial charge in [0.25, 0.3) is 5.95 Å². The van der Waals surface area contributed by atoms with Crippen LogP contribution < -0.4 is 16.0 Å². The molecule has 1 atom stereocenters. The lowest BCUT2D eigenvalue weighted by Gasteiger charge is -2.35. The smallest absolute Gasteiger partial charge is 0.255 e. The van der Waals surface area contributed by atoms with E-state index in [0.29, 0.717) is 41.1 Å². The summed E-state index contributed by atoms with van der Waals surface area (Å²) in [7, 11) is 0. The van der Waals surface area contributed by atoms with Gasteiger partial charge in [0.05, 0.1) is 22.8 Å². The molecule has 3 N–H and O–H groups in total. The van der Waals surface area contributed by atoms with E-state index in [0.717, 1.165) is 38.9 Å². The van der Waals surface area contributed by atoms with Gasteiger partial charge in [-0.25, -0.2) is 15.0 Å². The average Bonchev–Trinajstić information content (AvgIpc) is 2.80. The first-order valence-corrected chi connectivity index (χ1v) is 11.7. The fourth-order valence-electron chi connectivity index (χ4n) is 4.09. The number of pyridine rings is 1. The molecule has 178 valence electrons. The third kappa shape index (κ3) is 6.16. The van der Waals surface area contributed by atoms with Gasteiger partial charge in [-0.2, -0.15) is 4.39 Å². The van der Waals surface area contributed by atoms with Crippen LogP contribution in [0.25, 0.3) is 11.3 Å². The van der Waals surface area contributed by atoms with Crippen molar-refractivity contribution in [1.82, 2.24) is 20.3 Å². The normalized spacial score (nSPS) is 20.9. The molecule has 0 aromatic carbocycles. The van der Waals surface area contributed by atoms with Crippen molar-refractivity contribution in [1.29, 1.82) is 0 Å². The molecule has 2 aromatic heterocycles. The molecule has 10 heteroatoms. The van der Waals surface area contributed by atoms with Gasteiger partial charge in [-0.05, 0) is 51.5 Å². The van der Waals surface area contributed by atoms with E-state index >= 15 is 0 Å². The number of anilines is 2. The predicted octanol–water partition coefficient (Wildman–Crippen LogP) is 3.89. The largest absolute Gasteiger partial charge is 0.381 e. The van der Waals surface area contributed by atoms with Crippen molar-refractivity contribution in [2.45, 2.75) is 45.1 Å². The second-order valence-corrected chi connectivity index (χ2v) is 9.78. The van der Waals surface area contributed by atoms with E-state index in [4.69, 9.17) is 16.3 Å². The number of carbonyl (C=O) groups is 1. The number of ether oxygens (including phenoxy) is 1. The molecule has 2 saturated heterocycles.